The van der Waals surface area contributed by atoms with E-state index in [2.05, 4.69) is 17.2 Å². The smallest absolute Gasteiger partial charge is 0.240 e. The van der Waals surface area contributed by atoms with Crippen molar-refractivity contribution in [3.63, 3.8) is 0 Å². The summed E-state index contributed by atoms with van der Waals surface area (Å²) in [6, 6.07) is 17.8. The molecule has 1 fully saturated rings. The number of benzene rings is 2. The Labute approximate surface area is 153 Å². The number of hydrogen-bond acceptors (Lipinski definition) is 3. The van der Waals surface area contributed by atoms with E-state index in [1.807, 2.05) is 59.2 Å². The zero-order valence-electron chi connectivity index (χ0n) is 14.9. The van der Waals surface area contributed by atoms with Crippen LogP contribution in [-0.2, 0) is 17.9 Å². The number of nitrogens with zero attached hydrogens (tertiary/aromatic N) is 2. The van der Waals surface area contributed by atoms with E-state index in [0.717, 1.165) is 22.6 Å². The maximum absolute atomic E-state index is 12.5. The molecule has 1 aromatic heterocycles. The predicted octanol–water partition coefficient (Wildman–Crippen LogP) is 3.53. The minimum absolute atomic E-state index is 0.0218. The summed E-state index contributed by atoms with van der Waals surface area (Å²) < 4.78 is 7.81. The minimum Gasteiger partial charge on any atom is -0.486 e. The van der Waals surface area contributed by atoms with Crippen LogP contribution in [0.15, 0.2) is 54.6 Å². The molecular weight excluding hydrogens is 326 g/mol. The van der Waals surface area contributed by atoms with Crippen LogP contribution in [-0.4, -0.2) is 21.5 Å². The highest BCUT2D eigenvalue weighted by atomic mass is 16.5. The fourth-order valence-corrected chi connectivity index (χ4v) is 3.23. The number of para-hydroxylation sites is 3. The molecule has 3 aromatic rings. The van der Waals surface area contributed by atoms with Gasteiger partial charge in [0.15, 0.2) is 0 Å². The van der Waals surface area contributed by atoms with Gasteiger partial charge in [-0.2, -0.15) is 0 Å². The number of rotatable bonds is 7. The molecule has 0 saturated heterocycles. The van der Waals surface area contributed by atoms with Gasteiger partial charge in [-0.25, -0.2) is 4.98 Å². The van der Waals surface area contributed by atoms with Gasteiger partial charge in [0.05, 0.1) is 11.0 Å². The van der Waals surface area contributed by atoms with Crippen LogP contribution >= 0.6 is 0 Å². The van der Waals surface area contributed by atoms with Crippen molar-refractivity contribution in [3.05, 3.63) is 60.4 Å². The lowest BCUT2D eigenvalue weighted by atomic mass is 10.2. The standard InChI is InChI=1S/C21H23N3O2/c1-15(16-11-12-16)22-21(25)13-24-19-10-6-5-9-18(19)23-20(24)14-26-17-7-3-2-4-8-17/h2-10,15-16H,11-14H2,1H3,(H,22,25). The molecule has 1 amide bonds. The fraction of sp³-hybridized carbons (Fsp3) is 0.333. The van der Waals surface area contributed by atoms with Gasteiger partial charge in [0.2, 0.25) is 5.91 Å². The van der Waals surface area contributed by atoms with Crippen LogP contribution in [0.1, 0.15) is 25.6 Å². The fourth-order valence-electron chi connectivity index (χ4n) is 3.23. The minimum atomic E-state index is 0.0218. The summed E-state index contributed by atoms with van der Waals surface area (Å²) in [4.78, 5) is 17.2. The van der Waals surface area contributed by atoms with Crippen molar-refractivity contribution in [2.24, 2.45) is 5.92 Å². The second-order valence-corrected chi connectivity index (χ2v) is 6.90. The van der Waals surface area contributed by atoms with Gasteiger partial charge in [-0.1, -0.05) is 30.3 Å². The van der Waals surface area contributed by atoms with Gasteiger partial charge in [0.25, 0.3) is 0 Å². The van der Waals surface area contributed by atoms with Crippen LogP contribution in [0.5, 0.6) is 5.75 Å². The second kappa shape index (κ2) is 7.20. The van der Waals surface area contributed by atoms with Crippen molar-refractivity contribution < 1.29 is 9.53 Å². The summed E-state index contributed by atoms with van der Waals surface area (Å²) in [7, 11) is 0. The Morgan fingerprint density at radius 1 is 1.19 bits per heavy atom. The molecule has 26 heavy (non-hydrogen) atoms. The van der Waals surface area contributed by atoms with Crippen LogP contribution < -0.4 is 10.1 Å². The lowest BCUT2D eigenvalue weighted by Crippen LogP contribution is -2.36. The van der Waals surface area contributed by atoms with E-state index in [4.69, 9.17) is 4.74 Å². The number of ether oxygens (including phenoxy) is 1. The Kier molecular flexibility index (Phi) is 4.61. The normalized spacial score (nSPS) is 15.0. The highest BCUT2D eigenvalue weighted by molar-refractivity contribution is 5.81. The van der Waals surface area contributed by atoms with Gasteiger partial charge in [-0.3, -0.25) is 4.79 Å². The Bertz CT molecular complexity index is 900. The molecule has 1 unspecified atom stereocenters. The first-order valence-electron chi connectivity index (χ1n) is 9.12. The molecule has 5 heteroatoms. The lowest BCUT2D eigenvalue weighted by Gasteiger charge is -2.15. The molecule has 0 aliphatic heterocycles. The van der Waals surface area contributed by atoms with Crippen molar-refractivity contribution in [2.75, 3.05) is 0 Å². The molecule has 1 N–H and O–H groups in total. The van der Waals surface area contributed by atoms with E-state index < -0.39 is 0 Å². The SMILES string of the molecule is CC(NC(=O)Cn1c(COc2ccccc2)nc2ccccc21)C1CC1. The summed E-state index contributed by atoms with van der Waals surface area (Å²) in [6.45, 7) is 2.66. The average Bonchev–Trinajstić information content (AvgIpc) is 3.45. The van der Waals surface area contributed by atoms with Crippen molar-refractivity contribution in [1.82, 2.24) is 14.9 Å². The molecule has 0 radical (unpaired) electrons. The van der Waals surface area contributed by atoms with Crippen LogP contribution in [0.4, 0.5) is 0 Å². The molecule has 5 nitrogen and oxygen atoms in total. The lowest BCUT2D eigenvalue weighted by molar-refractivity contribution is -0.122. The zero-order valence-corrected chi connectivity index (χ0v) is 14.9. The third kappa shape index (κ3) is 3.72. The maximum atomic E-state index is 12.5. The third-order valence-electron chi connectivity index (χ3n) is 4.86. The van der Waals surface area contributed by atoms with Gasteiger partial charge in [-0.05, 0) is 49.9 Å². The van der Waals surface area contributed by atoms with Gasteiger partial charge >= 0.3 is 0 Å². The molecule has 0 bridgehead atoms. The Balaban J connectivity index is 1.54. The average molecular weight is 349 g/mol. The number of hydrogen-bond donors (Lipinski definition) is 1. The first-order chi connectivity index (χ1) is 12.7. The summed E-state index contributed by atoms with van der Waals surface area (Å²) in [5.74, 6) is 2.20. The number of amides is 1. The molecule has 134 valence electrons. The highest BCUT2D eigenvalue weighted by Gasteiger charge is 2.29. The van der Waals surface area contributed by atoms with Crippen LogP contribution in [0.25, 0.3) is 11.0 Å². The molecule has 1 heterocycles. The zero-order chi connectivity index (χ0) is 17.9. The molecule has 1 saturated carbocycles. The summed E-state index contributed by atoms with van der Waals surface area (Å²) in [5.41, 5.74) is 1.83. The van der Waals surface area contributed by atoms with E-state index in [1.165, 1.54) is 12.8 Å². The topological polar surface area (TPSA) is 56.2 Å². The highest BCUT2D eigenvalue weighted by Crippen LogP contribution is 2.32. The maximum Gasteiger partial charge on any atom is 0.240 e. The molecule has 0 spiro atoms. The number of carbonyl (C=O) groups is 1. The third-order valence-corrected chi connectivity index (χ3v) is 4.86. The van der Waals surface area contributed by atoms with Crippen molar-refractivity contribution in [3.8, 4) is 5.75 Å². The van der Waals surface area contributed by atoms with Gasteiger partial charge in [0, 0.05) is 6.04 Å². The monoisotopic (exact) mass is 349 g/mol. The molecule has 4 rings (SSSR count). The van der Waals surface area contributed by atoms with E-state index in [0.29, 0.717) is 12.5 Å². The molecule has 1 aliphatic rings. The Hall–Kier alpha value is -2.82. The van der Waals surface area contributed by atoms with Crippen molar-refractivity contribution >= 4 is 16.9 Å². The largest absolute Gasteiger partial charge is 0.486 e. The Morgan fingerprint density at radius 2 is 1.92 bits per heavy atom. The van der Waals surface area contributed by atoms with Crippen LogP contribution in [0, 0.1) is 5.92 Å². The molecule has 2 aromatic carbocycles. The van der Waals surface area contributed by atoms with Crippen molar-refractivity contribution in [2.45, 2.75) is 39.0 Å². The van der Waals surface area contributed by atoms with Crippen molar-refractivity contribution in [1.29, 1.82) is 0 Å². The second-order valence-electron chi connectivity index (χ2n) is 6.90. The van der Waals surface area contributed by atoms with E-state index in [9.17, 15) is 4.79 Å². The first kappa shape index (κ1) is 16.6. The van der Waals surface area contributed by atoms with Gasteiger partial charge in [-0.15, -0.1) is 0 Å². The number of nitrogens with one attached hydrogen (secondary N) is 1. The molecule has 1 aliphatic carbocycles. The number of aromatic nitrogens is 2. The number of carbonyl (C=O) groups excluding carboxylic acids is 1. The molecular formula is C21H23N3O2. The quantitative estimate of drug-likeness (QED) is 0.710. The van der Waals surface area contributed by atoms with E-state index >= 15 is 0 Å². The summed E-state index contributed by atoms with van der Waals surface area (Å²) >= 11 is 0. The number of fused-ring (bicyclic) bond motifs is 1. The summed E-state index contributed by atoms with van der Waals surface area (Å²) in [5, 5.41) is 3.12. The predicted molar refractivity (Wildman–Crippen MR) is 101 cm³/mol. The number of imidazole rings is 1. The van der Waals surface area contributed by atoms with Gasteiger partial charge < -0.3 is 14.6 Å². The Morgan fingerprint density at radius 3 is 2.69 bits per heavy atom. The van der Waals surface area contributed by atoms with Gasteiger partial charge in [0.1, 0.15) is 24.7 Å². The van der Waals surface area contributed by atoms with E-state index in [1.54, 1.807) is 0 Å². The first-order valence-corrected chi connectivity index (χ1v) is 9.12. The van der Waals surface area contributed by atoms with Crippen LogP contribution in [0.2, 0.25) is 0 Å². The summed E-state index contributed by atoms with van der Waals surface area (Å²) in [6.07, 6.45) is 2.43. The molecule has 1 atom stereocenters. The van der Waals surface area contributed by atoms with E-state index in [-0.39, 0.29) is 18.5 Å². The van der Waals surface area contributed by atoms with Crippen LogP contribution in [0.3, 0.4) is 0 Å².